The summed E-state index contributed by atoms with van der Waals surface area (Å²) in [5, 5.41) is 3.15. The van der Waals surface area contributed by atoms with Gasteiger partial charge in [0.2, 0.25) is 5.91 Å². The molecule has 0 aromatic heterocycles. The first-order chi connectivity index (χ1) is 15.0. The number of hydrogen-bond donors (Lipinski definition) is 1. The van der Waals surface area contributed by atoms with E-state index < -0.39 is 0 Å². The van der Waals surface area contributed by atoms with Gasteiger partial charge in [-0.25, -0.2) is 0 Å². The number of nitrogens with one attached hydrogen (secondary N) is 1. The molecular formula is C25H32N2O4. The van der Waals surface area contributed by atoms with Gasteiger partial charge in [0, 0.05) is 38.4 Å². The molecule has 1 N–H and O–H groups in total. The first-order valence-corrected chi connectivity index (χ1v) is 11.0. The zero-order chi connectivity index (χ0) is 22.2. The summed E-state index contributed by atoms with van der Waals surface area (Å²) >= 11 is 0. The number of amides is 2. The van der Waals surface area contributed by atoms with E-state index in [4.69, 9.17) is 9.47 Å². The van der Waals surface area contributed by atoms with Gasteiger partial charge in [0.1, 0.15) is 6.10 Å². The van der Waals surface area contributed by atoms with E-state index >= 15 is 0 Å². The smallest absolute Gasteiger partial charge is 0.251 e. The molecule has 1 saturated heterocycles. The lowest BCUT2D eigenvalue weighted by Gasteiger charge is -2.31. The molecule has 166 valence electrons. The fourth-order valence-electron chi connectivity index (χ4n) is 3.91. The molecule has 1 fully saturated rings. The first-order valence-electron chi connectivity index (χ1n) is 11.0. The van der Waals surface area contributed by atoms with Crippen LogP contribution in [-0.2, 0) is 4.79 Å². The summed E-state index contributed by atoms with van der Waals surface area (Å²) in [4.78, 5) is 26.3. The summed E-state index contributed by atoms with van der Waals surface area (Å²) in [7, 11) is 1.58. The monoisotopic (exact) mass is 424 g/mol. The van der Waals surface area contributed by atoms with Gasteiger partial charge in [-0.15, -0.1) is 0 Å². The minimum atomic E-state index is -0.137. The molecule has 0 bridgehead atoms. The van der Waals surface area contributed by atoms with Gasteiger partial charge in [-0.3, -0.25) is 9.59 Å². The van der Waals surface area contributed by atoms with Crippen molar-refractivity contribution in [3.63, 3.8) is 0 Å². The van der Waals surface area contributed by atoms with Crippen LogP contribution < -0.4 is 14.8 Å². The Kier molecular flexibility index (Phi) is 7.93. The van der Waals surface area contributed by atoms with Crippen molar-refractivity contribution in [1.82, 2.24) is 10.2 Å². The largest absolute Gasteiger partial charge is 0.493 e. The number of likely N-dealkylation sites (tertiary alicyclic amines) is 1. The number of rotatable bonds is 8. The Balaban J connectivity index is 1.67. The molecule has 6 heteroatoms. The van der Waals surface area contributed by atoms with Gasteiger partial charge in [-0.2, -0.15) is 0 Å². The summed E-state index contributed by atoms with van der Waals surface area (Å²) in [5.74, 6) is 1.12. The maximum Gasteiger partial charge on any atom is 0.251 e. The van der Waals surface area contributed by atoms with Crippen molar-refractivity contribution < 1.29 is 19.1 Å². The minimum absolute atomic E-state index is 0.0243. The van der Waals surface area contributed by atoms with Gasteiger partial charge in [-0.1, -0.05) is 43.7 Å². The van der Waals surface area contributed by atoms with Crippen LogP contribution in [0.3, 0.4) is 0 Å². The zero-order valence-corrected chi connectivity index (χ0v) is 18.6. The quantitative estimate of drug-likeness (QED) is 0.684. The van der Waals surface area contributed by atoms with Gasteiger partial charge in [0.15, 0.2) is 11.5 Å². The van der Waals surface area contributed by atoms with Gasteiger partial charge in [0.05, 0.1) is 13.2 Å². The predicted molar refractivity (Wildman–Crippen MR) is 120 cm³/mol. The fraction of sp³-hybridized carbons (Fsp3) is 0.440. The minimum Gasteiger partial charge on any atom is -0.493 e. The Hall–Kier alpha value is -3.02. The summed E-state index contributed by atoms with van der Waals surface area (Å²) in [6.07, 6.45) is 3.42. The van der Waals surface area contributed by atoms with Crippen LogP contribution in [0.25, 0.3) is 0 Å². The molecule has 31 heavy (non-hydrogen) atoms. The molecule has 1 atom stereocenters. The second-order valence-corrected chi connectivity index (χ2v) is 7.91. The van der Waals surface area contributed by atoms with Crippen LogP contribution in [-0.4, -0.2) is 43.0 Å². The molecule has 0 saturated carbocycles. The standard InChI is InChI=1S/C25H32N2O4/c1-4-8-22(19-9-6-5-7-10-19)26-25(29)20-11-12-23(24(17-20)30-3)31-21-13-15-27(16-14-21)18(2)28/h5-7,9-12,17,21-22H,4,8,13-16H2,1-3H3,(H,26,29). The van der Waals surface area contributed by atoms with Crippen molar-refractivity contribution in [3.05, 3.63) is 59.7 Å². The third-order valence-electron chi connectivity index (χ3n) is 5.69. The average Bonchev–Trinajstić information content (AvgIpc) is 2.80. The molecule has 2 aromatic carbocycles. The zero-order valence-electron chi connectivity index (χ0n) is 18.6. The highest BCUT2D eigenvalue weighted by Gasteiger charge is 2.23. The molecule has 0 spiro atoms. The van der Waals surface area contributed by atoms with E-state index in [1.165, 1.54) is 0 Å². The third kappa shape index (κ3) is 6.00. The van der Waals surface area contributed by atoms with Gasteiger partial charge in [-0.05, 0) is 30.2 Å². The van der Waals surface area contributed by atoms with Gasteiger partial charge >= 0.3 is 0 Å². The van der Waals surface area contributed by atoms with E-state index in [0.717, 1.165) is 31.2 Å². The Morgan fingerprint density at radius 1 is 1.10 bits per heavy atom. The molecular weight excluding hydrogens is 392 g/mol. The maximum absolute atomic E-state index is 12.9. The lowest BCUT2D eigenvalue weighted by molar-refractivity contribution is -0.130. The van der Waals surface area contributed by atoms with E-state index in [2.05, 4.69) is 12.2 Å². The summed E-state index contributed by atoms with van der Waals surface area (Å²) < 4.78 is 11.6. The number of methoxy groups -OCH3 is 1. The van der Waals surface area contributed by atoms with Crippen molar-refractivity contribution in [3.8, 4) is 11.5 Å². The highest BCUT2D eigenvalue weighted by molar-refractivity contribution is 5.95. The Morgan fingerprint density at radius 3 is 2.42 bits per heavy atom. The molecule has 1 aliphatic rings. The topological polar surface area (TPSA) is 67.9 Å². The lowest BCUT2D eigenvalue weighted by atomic mass is 10.0. The number of nitrogens with zero attached hydrogens (tertiary/aromatic N) is 1. The molecule has 1 aliphatic heterocycles. The second kappa shape index (κ2) is 10.8. The van der Waals surface area contributed by atoms with Crippen LogP contribution in [0.2, 0.25) is 0 Å². The molecule has 6 nitrogen and oxygen atoms in total. The second-order valence-electron chi connectivity index (χ2n) is 7.91. The molecule has 2 aromatic rings. The van der Waals surface area contributed by atoms with E-state index in [1.807, 2.05) is 35.2 Å². The van der Waals surface area contributed by atoms with E-state index in [1.54, 1.807) is 32.2 Å². The Labute approximate surface area is 184 Å². The fourth-order valence-corrected chi connectivity index (χ4v) is 3.91. The summed E-state index contributed by atoms with van der Waals surface area (Å²) in [6.45, 7) is 5.09. The Morgan fingerprint density at radius 2 is 1.81 bits per heavy atom. The van der Waals surface area contributed by atoms with Crippen LogP contribution in [0.1, 0.15) is 61.5 Å². The van der Waals surface area contributed by atoms with E-state index in [9.17, 15) is 9.59 Å². The number of carbonyl (C=O) groups excluding carboxylic acids is 2. The number of piperidine rings is 1. The SMILES string of the molecule is CCCC(NC(=O)c1ccc(OC2CCN(C(C)=O)CC2)c(OC)c1)c1ccccc1. The number of carbonyl (C=O) groups is 2. The van der Waals surface area contributed by atoms with Crippen molar-refractivity contribution >= 4 is 11.8 Å². The number of benzene rings is 2. The lowest BCUT2D eigenvalue weighted by Crippen LogP contribution is -2.40. The summed E-state index contributed by atoms with van der Waals surface area (Å²) in [5.41, 5.74) is 1.63. The van der Waals surface area contributed by atoms with Gasteiger partial charge in [0.25, 0.3) is 5.91 Å². The molecule has 1 heterocycles. The van der Waals surface area contributed by atoms with Crippen molar-refractivity contribution in [2.75, 3.05) is 20.2 Å². The molecule has 0 aliphatic carbocycles. The van der Waals surface area contributed by atoms with E-state index in [0.29, 0.717) is 30.2 Å². The normalized spacial score (nSPS) is 15.3. The highest BCUT2D eigenvalue weighted by atomic mass is 16.5. The van der Waals surface area contributed by atoms with Crippen molar-refractivity contribution in [1.29, 1.82) is 0 Å². The van der Waals surface area contributed by atoms with Crippen LogP contribution >= 0.6 is 0 Å². The number of ether oxygens (including phenoxy) is 2. The number of hydrogen-bond acceptors (Lipinski definition) is 4. The molecule has 2 amide bonds. The molecule has 3 rings (SSSR count). The van der Waals surface area contributed by atoms with Gasteiger partial charge < -0.3 is 19.7 Å². The average molecular weight is 425 g/mol. The first kappa shape index (κ1) is 22.7. The van der Waals surface area contributed by atoms with Crippen LogP contribution in [0.5, 0.6) is 11.5 Å². The van der Waals surface area contributed by atoms with Crippen LogP contribution in [0.4, 0.5) is 0 Å². The van der Waals surface area contributed by atoms with Crippen LogP contribution in [0.15, 0.2) is 48.5 Å². The van der Waals surface area contributed by atoms with Crippen molar-refractivity contribution in [2.45, 2.75) is 51.7 Å². The third-order valence-corrected chi connectivity index (χ3v) is 5.69. The Bertz CT molecular complexity index is 876. The van der Waals surface area contributed by atoms with E-state index in [-0.39, 0.29) is 24.0 Å². The van der Waals surface area contributed by atoms with Crippen molar-refractivity contribution in [2.24, 2.45) is 0 Å². The highest BCUT2D eigenvalue weighted by Crippen LogP contribution is 2.31. The molecule has 0 radical (unpaired) electrons. The maximum atomic E-state index is 12.9. The van der Waals surface area contributed by atoms with Crippen LogP contribution in [0, 0.1) is 0 Å². The predicted octanol–water partition coefficient (Wildman–Crippen LogP) is 4.36. The molecule has 1 unspecified atom stereocenters. The summed E-state index contributed by atoms with van der Waals surface area (Å²) in [6, 6.07) is 15.3.